The number of esters is 2. The van der Waals surface area contributed by atoms with Crippen LogP contribution in [0.15, 0.2) is 0 Å². The zero-order valence-corrected chi connectivity index (χ0v) is 18.6. The molecule has 0 saturated carbocycles. The van der Waals surface area contributed by atoms with Gasteiger partial charge < -0.3 is 30.2 Å². The van der Waals surface area contributed by atoms with Crippen molar-refractivity contribution in [3.8, 4) is 0 Å². The standard InChI is InChI=1S/C20H37N3O6/c1-19(2,3)28-16(24)8-7-15(23-18(26)29-20(4,5)6)17(25)27-12-9-14-13-21-10-11-22-14/h14-15,21-22H,7-13H2,1-6H3,(H,23,26)/t14?,15-/m0/s1. The van der Waals surface area contributed by atoms with Crippen molar-refractivity contribution in [1.82, 2.24) is 16.0 Å². The van der Waals surface area contributed by atoms with Gasteiger partial charge in [-0.3, -0.25) is 4.79 Å². The highest BCUT2D eigenvalue weighted by atomic mass is 16.6. The van der Waals surface area contributed by atoms with Gasteiger partial charge in [0.1, 0.15) is 17.2 Å². The first-order valence-corrected chi connectivity index (χ1v) is 10.2. The lowest BCUT2D eigenvalue weighted by molar-refractivity contribution is -0.155. The normalized spacial score (nSPS) is 18.5. The third-order valence-corrected chi connectivity index (χ3v) is 3.87. The van der Waals surface area contributed by atoms with Crippen LogP contribution in [0.1, 0.15) is 60.8 Å². The number of piperazine rings is 1. The maximum Gasteiger partial charge on any atom is 0.408 e. The molecule has 168 valence electrons. The van der Waals surface area contributed by atoms with Gasteiger partial charge in [0.25, 0.3) is 0 Å². The fourth-order valence-corrected chi connectivity index (χ4v) is 2.67. The van der Waals surface area contributed by atoms with E-state index in [-0.39, 0.29) is 25.5 Å². The Kier molecular flexibility index (Phi) is 9.85. The SMILES string of the molecule is CC(C)(C)OC(=O)CC[C@H](NC(=O)OC(C)(C)C)C(=O)OCCC1CNCCN1. The van der Waals surface area contributed by atoms with Crippen molar-refractivity contribution < 1.29 is 28.6 Å². The van der Waals surface area contributed by atoms with Crippen molar-refractivity contribution in [2.75, 3.05) is 26.2 Å². The molecule has 1 amide bonds. The van der Waals surface area contributed by atoms with Crippen molar-refractivity contribution in [3.05, 3.63) is 0 Å². The van der Waals surface area contributed by atoms with E-state index in [1.165, 1.54) is 0 Å². The van der Waals surface area contributed by atoms with Crippen molar-refractivity contribution in [1.29, 1.82) is 0 Å². The van der Waals surface area contributed by atoms with Crippen molar-refractivity contribution in [2.45, 2.75) is 84.1 Å². The Morgan fingerprint density at radius 3 is 2.24 bits per heavy atom. The first-order valence-electron chi connectivity index (χ1n) is 10.2. The molecule has 0 aromatic heterocycles. The number of carbonyl (C=O) groups is 3. The van der Waals surface area contributed by atoms with Gasteiger partial charge in [-0.1, -0.05) is 0 Å². The highest BCUT2D eigenvalue weighted by molar-refractivity contribution is 5.82. The molecule has 0 aromatic carbocycles. The van der Waals surface area contributed by atoms with Gasteiger partial charge in [-0.25, -0.2) is 9.59 Å². The van der Waals surface area contributed by atoms with E-state index in [0.717, 1.165) is 19.6 Å². The summed E-state index contributed by atoms with van der Waals surface area (Å²) in [6.45, 7) is 13.3. The zero-order valence-electron chi connectivity index (χ0n) is 18.6. The van der Waals surface area contributed by atoms with E-state index in [2.05, 4.69) is 16.0 Å². The Hall–Kier alpha value is -1.87. The van der Waals surface area contributed by atoms with Crippen LogP contribution in [0.5, 0.6) is 0 Å². The van der Waals surface area contributed by atoms with Crippen LogP contribution >= 0.6 is 0 Å². The lowest BCUT2D eigenvalue weighted by atomic mass is 10.1. The average Bonchev–Trinajstić information content (AvgIpc) is 2.56. The molecule has 0 radical (unpaired) electrons. The summed E-state index contributed by atoms with van der Waals surface area (Å²) in [5.74, 6) is -1.04. The van der Waals surface area contributed by atoms with Crippen LogP contribution < -0.4 is 16.0 Å². The van der Waals surface area contributed by atoms with E-state index in [4.69, 9.17) is 14.2 Å². The van der Waals surface area contributed by atoms with Gasteiger partial charge in [0.2, 0.25) is 0 Å². The molecule has 1 fully saturated rings. The summed E-state index contributed by atoms with van der Waals surface area (Å²) in [6, 6.07) is -0.759. The predicted octanol–water partition coefficient (Wildman–Crippen LogP) is 1.50. The molecule has 1 rings (SSSR count). The number of ether oxygens (including phenoxy) is 3. The second-order valence-corrected chi connectivity index (χ2v) is 9.14. The molecule has 9 heteroatoms. The lowest BCUT2D eigenvalue weighted by Gasteiger charge is -2.25. The molecule has 1 aliphatic rings. The summed E-state index contributed by atoms with van der Waals surface area (Å²) in [4.78, 5) is 36.6. The van der Waals surface area contributed by atoms with Crippen LogP contribution in [-0.2, 0) is 23.8 Å². The maximum atomic E-state index is 12.5. The quantitative estimate of drug-likeness (QED) is 0.404. The van der Waals surface area contributed by atoms with Crippen LogP contribution in [0, 0.1) is 0 Å². The van der Waals surface area contributed by atoms with Gasteiger partial charge in [0, 0.05) is 32.1 Å². The fraction of sp³-hybridized carbons (Fsp3) is 0.850. The van der Waals surface area contributed by atoms with E-state index in [0.29, 0.717) is 6.42 Å². The molecule has 0 aliphatic carbocycles. The average molecular weight is 416 g/mol. The minimum Gasteiger partial charge on any atom is -0.464 e. The molecule has 1 aliphatic heterocycles. The molecular formula is C20H37N3O6. The van der Waals surface area contributed by atoms with E-state index >= 15 is 0 Å². The third kappa shape index (κ3) is 12.3. The maximum absolute atomic E-state index is 12.5. The molecule has 0 spiro atoms. The second kappa shape index (κ2) is 11.3. The van der Waals surface area contributed by atoms with Crippen LogP contribution in [0.4, 0.5) is 4.79 Å². The summed E-state index contributed by atoms with van der Waals surface area (Å²) >= 11 is 0. The van der Waals surface area contributed by atoms with Crippen LogP contribution in [0.25, 0.3) is 0 Å². The van der Waals surface area contributed by atoms with Gasteiger partial charge in [0.15, 0.2) is 0 Å². The van der Waals surface area contributed by atoms with Gasteiger partial charge >= 0.3 is 18.0 Å². The summed E-state index contributed by atoms with van der Waals surface area (Å²) < 4.78 is 15.8. The summed E-state index contributed by atoms with van der Waals surface area (Å²) in [7, 11) is 0. The monoisotopic (exact) mass is 415 g/mol. The fourth-order valence-electron chi connectivity index (χ4n) is 2.67. The van der Waals surface area contributed by atoms with Gasteiger partial charge in [-0.2, -0.15) is 0 Å². The van der Waals surface area contributed by atoms with Crippen LogP contribution in [0.2, 0.25) is 0 Å². The minimum absolute atomic E-state index is 0.0269. The smallest absolute Gasteiger partial charge is 0.408 e. The molecule has 1 heterocycles. The first-order chi connectivity index (χ1) is 13.4. The summed E-state index contributed by atoms with van der Waals surface area (Å²) in [5.41, 5.74) is -1.32. The van der Waals surface area contributed by atoms with Crippen molar-refractivity contribution >= 4 is 18.0 Å². The summed E-state index contributed by atoms with van der Waals surface area (Å²) in [5, 5.41) is 9.11. The number of carbonyl (C=O) groups excluding carboxylic acids is 3. The molecule has 3 N–H and O–H groups in total. The Bertz CT molecular complexity index is 547. The molecule has 0 aromatic rings. The number of alkyl carbamates (subject to hydrolysis) is 1. The topological polar surface area (TPSA) is 115 Å². The molecular weight excluding hydrogens is 378 g/mol. The predicted molar refractivity (Wildman–Crippen MR) is 108 cm³/mol. The van der Waals surface area contributed by atoms with Crippen LogP contribution in [0.3, 0.4) is 0 Å². The number of hydrogen-bond donors (Lipinski definition) is 3. The first kappa shape index (κ1) is 25.2. The number of hydrogen-bond acceptors (Lipinski definition) is 8. The third-order valence-electron chi connectivity index (χ3n) is 3.87. The largest absolute Gasteiger partial charge is 0.464 e. The zero-order chi connectivity index (χ0) is 22.1. The van der Waals surface area contributed by atoms with Gasteiger partial charge in [-0.15, -0.1) is 0 Å². The Morgan fingerprint density at radius 1 is 1.03 bits per heavy atom. The number of nitrogens with one attached hydrogen (secondary N) is 3. The lowest BCUT2D eigenvalue weighted by Crippen LogP contribution is -2.49. The molecule has 2 atom stereocenters. The van der Waals surface area contributed by atoms with E-state index in [1.54, 1.807) is 41.5 Å². The van der Waals surface area contributed by atoms with Gasteiger partial charge in [-0.05, 0) is 54.4 Å². The van der Waals surface area contributed by atoms with Crippen molar-refractivity contribution in [2.24, 2.45) is 0 Å². The second-order valence-electron chi connectivity index (χ2n) is 9.14. The Morgan fingerprint density at radius 2 is 1.69 bits per heavy atom. The minimum atomic E-state index is -0.991. The van der Waals surface area contributed by atoms with Crippen LogP contribution in [-0.4, -0.2) is 67.6 Å². The summed E-state index contributed by atoms with van der Waals surface area (Å²) in [6.07, 6.45) is -0.0389. The molecule has 0 bridgehead atoms. The highest BCUT2D eigenvalue weighted by Crippen LogP contribution is 2.12. The number of rotatable bonds is 8. The van der Waals surface area contributed by atoms with Crippen molar-refractivity contribution in [3.63, 3.8) is 0 Å². The highest BCUT2D eigenvalue weighted by Gasteiger charge is 2.27. The molecule has 1 unspecified atom stereocenters. The van der Waals surface area contributed by atoms with E-state index < -0.39 is 35.3 Å². The molecule has 1 saturated heterocycles. The van der Waals surface area contributed by atoms with E-state index in [9.17, 15) is 14.4 Å². The van der Waals surface area contributed by atoms with Gasteiger partial charge in [0.05, 0.1) is 6.61 Å². The Balaban J connectivity index is 2.58. The molecule has 29 heavy (non-hydrogen) atoms. The number of amides is 1. The molecule has 9 nitrogen and oxygen atoms in total. The Labute approximate surface area is 173 Å². The van der Waals surface area contributed by atoms with E-state index in [1.807, 2.05) is 0 Å².